The molecule has 7 heteroatoms. The van der Waals surface area contributed by atoms with Crippen LogP contribution in [0.15, 0.2) is 54.6 Å². The third kappa shape index (κ3) is 5.43. The largest absolute Gasteiger partial charge is 0.351 e. The van der Waals surface area contributed by atoms with Crippen LogP contribution in [0.4, 0.5) is 4.39 Å². The van der Waals surface area contributed by atoms with E-state index in [-0.39, 0.29) is 18.7 Å². The Labute approximate surface area is 141 Å². The van der Waals surface area contributed by atoms with Crippen molar-refractivity contribution in [3.8, 4) is 0 Å². The minimum atomic E-state index is -3.65. The van der Waals surface area contributed by atoms with Crippen LogP contribution in [0.1, 0.15) is 11.1 Å². The van der Waals surface area contributed by atoms with E-state index < -0.39 is 21.7 Å². The van der Waals surface area contributed by atoms with Gasteiger partial charge in [-0.2, -0.15) is 4.31 Å². The van der Waals surface area contributed by atoms with Gasteiger partial charge in [-0.15, -0.1) is 0 Å². The van der Waals surface area contributed by atoms with Crippen molar-refractivity contribution in [2.24, 2.45) is 0 Å². The molecule has 0 aliphatic heterocycles. The molecule has 0 saturated heterocycles. The highest BCUT2D eigenvalue weighted by molar-refractivity contribution is 7.88. The predicted octanol–water partition coefficient (Wildman–Crippen LogP) is 1.90. The molecule has 0 spiro atoms. The van der Waals surface area contributed by atoms with Crippen molar-refractivity contribution >= 4 is 15.9 Å². The van der Waals surface area contributed by atoms with Crippen molar-refractivity contribution in [2.75, 3.05) is 12.8 Å². The van der Waals surface area contributed by atoms with Crippen LogP contribution in [-0.2, 0) is 27.9 Å². The molecule has 0 radical (unpaired) electrons. The summed E-state index contributed by atoms with van der Waals surface area (Å²) in [4.78, 5) is 12.0. The number of hydrogen-bond acceptors (Lipinski definition) is 3. The summed E-state index contributed by atoms with van der Waals surface area (Å²) < 4.78 is 38.4. The first-order valence-electron chi connectivity index (χ1n) is 7.35. The first kappa shape index (κ1) is 18.1. The number of hydrogen-bond donors (Lipinski definition) is 1. The molecule has 1 N–H and O–H groups in total. The van der Waals surface area contributed by atoms with Crippen molar-refractivity contribution in [3.05, 3.63) is 71.5 Å². The molecule has 5 nitrogen and oxygen atoms in total. The Morgan fingerprint density at radius 3 is 2.33 bits per heavy atom. The molecule has 0 aromatic heterocycles. The van der Waals surface area contributed by atoms with Gasteiger partial charge >= 0.3 is 0 Å². The second kappa shape index (κ2) is 8.03. The first-order chi connectivity index (χ1) is 11.4. The molecule has 1 amide bonds. The van der Waals surface area contributed by atoms with Crippen molar-refractivity contribution < 1.29 is 17.6 Å². The van der Waals surface area contributed by atoms with Crippen LogP contribution in [-0.4, -0.2) is 31.4 Å². The maximum Gasteiger partial charge on any atom is 0.235 e. The Morgan fingerprint density at radius 2 is 1.71 bits per heavy atom. The van der Waals surface area contributed by atoms with Crippen LogP contribution in [0, 0.1) is 5.82 Å². The van der Waals surface area contributed by atoms with E-state index in [2.05, 4.69) is 5.32 Å². The van der Waals surface area contributed by atoms with Crippen LogP contribution < -0.4 is 5.32 Å². The molecular weight excluding hydrogens is 331 g/mol. The number of sulfonamides is 1. The van der Waals surface area contributed by atoms with Gasteiger partial charge in [0.1, 0.15) is 5.82 Å². The SMILES string of the molecule is CS(=O)(=O)N(CC(=O)NCc1ccccc1)Cc1ccccc1F. The number of nitrogens with one attached hydrogen (secondary N) is 1. The van der Waals surface area contributed by atoms with Gasteiger partial charge in [-0.25, -0.2) is 12.8 Å². The zero-order chi connectivity index (χ0) is 17.6. The van der Waals surface area contributed by atoms with E-state index in [0.717, 1.165) is 16.1 Å². The lowest BCUT2D eigenvalue weighted by Gasteiger charge is -2.20. The Hall–Kier alpha value is -2.25. The van der Waals surface area contributed by atoms with Crippen LogP contribution >= 0.6 is 0 Å². The average Bonchev–Trinajstić information content (AvgIpc) is 2.54. The Morgan fingerprint density at radius 1 is 1.08 bits per heavy atom. The smallest absolute Gasteiger partial charge is 0.235 e. The summed E-state index contributed by atoms with van der Waals surface area (Å²) in [6.45, 7) is -0.249. The molecule has 0 aliphatic rings. The van der Waals surface area contributed by atoms with Crippen LogP contribution in [0.2, 0.25) is 0 Å². The van der Waals surface area contributed by atoms with E-state index in [4.69, 9.17) is 0 Å². The second-order valence-electron chi connectivity index (χ2n) is 5.38. The fraction of sp³-hybridized carbons (Fsp3) is 0.235. The number of carbonyl (C=O) groups excluding carboxylic acids is 1. The zero-order valence-electron chi connectivity index (χ0n) is 13.3. The lowest BCUT2D eigenvalue weighted by molar-refractivity contribution is -0.121. The van der Waals surface area contributed by atoms with E-state index in [9.17, 15) is 17.6 Å². The van der Waals surface area contributed by atoms with Crippen molar-refractivity contribution in [3.63, 3.8) is 0 Å². The van der Waals surface area contributed by atoms with Gasteiger partial charge < -0.3 is 5.32 Å². The maximum absolute atomic E-state index is 13.7. The van der Waals surface area contributed by atoms with E-state index >= 15 is 0 Å². The lowest BCUT2D eigenvalue weighted by Crippen LogP contribution is -2.39. The molecule has 0 atom stereocenters. The summed E-state index contributed by atoms with van der Waals surface area (Å²) in [5.41, 5.74) is 1.13. The summed E-state index contributed by atoms with van der Waals surface area (Å²) in [5, 5.41) is 2.66. The first-order valence-corrected chi connectivity index (χ1v) is 9.20. The molecule has 0 bridgehead atoms. The standard InChI is InChI=1S/C17H19FN2O3S/c1-24(22,23)20(12-15-9-5-6-10-16(15)18)13-17(21)19-11-14-7-3-2-4-8-14/h2-10H,11-13H2,1H3,(H,19,21). The van der Waals surface area contributed by atoms with E-state index in [0.29, 0.717) is 6.54 Å². The number of benzene rings is 2. The topological polar surface area (TPSA) is 66.5 Å². The van der Waals surface area contributed by atoms with Gasteiger partial charge in [0.05, 0.1) is 12.8 Å². The number of carbonyl (C=O) groups is 1. The highest BCUT2D eigenvalue weighted by Crippen LogP contribution is 2.12. The molecule has 128 valence electrons. The monoisotopic (exact) mass is 350 g/mol. The highest BCUT2D eigenvalue weighted by atomic mass is 32.2. The van der Waals surface area contributed by atoms with Crippen molar-refractivity contribution in [2.45, 2.75) is 13.1 Å². The normalized spacial score (nSPS) is 11.5. The average molecular weight is 350 g/mol. The molecule has 0 aliphatic carbocycles. The predicted molar refractivity (Wildman–Crippen MR) is 89.9 cm³/mol. The molecule has 2 aromatic carbocycles. The molecule has 0 unspecified atom stereocenters. The van der Waals surface area contributed by atoms with Crippen molar-refractivity contribution in [1.82, 2.24) is 9.62 Å². The Bertz CT molecular complexity index is 794. The van der Waals surface area contributed by atoms with E-state index in [1.807, 2.05) is 30.3 Å². The minimum absolute atomic E-state index is 0.190. The Balaban J connectivity index is 2.01. The third-order valence-electron chi connectivity index (χ3n) is 3.43. The number of nitrogens with zero attached hydrogens (tertiary/aromatic N) is 1. The lowest BCUT2D eigenvalue weighted by atomic mass is 10.2. The number of rotatable bonds is 7. The minimum Gasteiger partial charge on any atom is -0.351 e. The third-order valence-corrected chi connectivity index (χ3v) is 4.62. The molecular formula is C17H19FN2O3S. The van der Waals surface area contributed by atoms with Crippen molar-refractivity contribution in [1.29, 1.82) is 0 Å². The molecule has 24 heavy (non-hydrogen) atoms. The zero-order valence-corrected chi connectivity index (χ0v) is 14.1. The molecule has 0 heterocycles. The van der Waals surface area contributed by atoms with Crippen LogP contribution in [0.25, 0.3) is 0 Å². The quantitative estimate of drug-likeness (QED) is 0.829. The van der Waals surface area contributed by atoms with E-state index in [1.54, 1.807) is 6.07 Å². The second-order valence-corrected chi connectivity index (χ2v) is 7.37. The number of amides is 1. The van der Waals surface area contributed by atoms with Gasteiger partial charge in [0.15, 0.2) is 0 Å². The van der Waals surface area contributed by atoms with Crippen LogP contribution in [0.3, 0.4) is 0 Å². The van der Waals surface area contributed by atoms with Gasteiger partial charge in [0, 0.05) is 18.7 Å². The molecule has 0 saturated carbocycles. The maximum atomic E-state index is 13.7. The fourth-order valence-corrected chi connectivity index (χ4v) is 2.84. The summed E-state index contributed by atoms with van der Waals surface area (Å²) in [6, 6.07) is 15.2. The van der Waals surface area contributed by atoms with Gasteiger partial charge in [-0.1, -0.05) is 48.5 Å². The van der Waals surface area contributed by atoms with Gasteiger partial charge in [-0.05, 0) is 11.6 Å². The highest BCUT2D eigenvalue weighted by Gasteiger charge is 2.21. The Kier molecular flexibility index (Phi) is 6.05. The van der Waals surface area contributed by atoms with Gasteiger partial charge in [-0.3, -0.25) is 4.79 Å². The summed E-state index contributed by atoms with van der Waals surface area (Å²) in [5.74, 6) is -0.948. The number of halogens is 1. The van der Waals surface area contributed by atoms with Gasteiger partial charge in [0.2, 0.25) is 15.9 Å². The molecule has 0 fully saturated rings. The van der Waals surface area contributed by atoms with Crippen LogP contribution in [0.5, 0.6) is 0 Å². The van der Waals surface area contributed by atoms with Gasteiger partial charge in [0.25, 0.3) is 0 Å². The summed E-state index contributed by atoms with van der Waals surface area (Å²) >= 11 is 0. The summed E-state index contributed by atoms with van der Waals surface area (Å²) in [6.07, 6.45) is 0.998. The van der Waals surface area contributed by atoms with E-state index in [1.165, 1.54) is 18.2 Å². The fourth-order valence-electron chi connectivity index (χ4n) is 2.12. The molecule has 2 aromatic rings. The molecule has 2 rings (SSSR count). The summed E-state index contributed by atoms with van der Waals surface area (Å²) in [7, 11) is -3.65.